The van der Waals surface area contributed by atoms with Crippen molar-refractivity contribution in [2.75, 3.05) is 7.11 Å². The van der Waals surface area contributed by atoms with Gasteiger partial charge in [0.25, 0.3) is 0 Å². The minimum atomic E-state index is -0.0821. The summed E-state index contributed by atoms with van der Waals surface area (Å²) in [5.41, 5.74) is 1.47. The van der Waals surface area contributed by atoms with Crippen molar-refractivity contribution in [3.05, 3.63) is 53.9 Å². The number of nitrogens with zero attached hydrogens (tertiary/aromatic N) is 2. The molecule has 0 spiro atoms. The largest absolute Gasteiger partial charge is 0.496 e. The second kappa shape index (κ2) is 6.00. The summed E-state index contributed by atoms with van der Waals surface area (Å²) in [7, 11) is 1.56. The Morgan fingerprint density at radius 1 is 1.37 bits per heavy atom. The molecule has 4 nitrogen and oxygen atoms in total. The smallest absolute Gasteiger partial charge is 0.189 e. The molecule has 0 aliphatic heterocycles. The fourth-order valence-corrected chi connectivity index (χ4v) is 1.85. The van der Waals surface area contributed by atoms with Crippen molar-refractivity contribution in [2.24, 2.45) is 0 Å². The van der Waals surface area contributed by atoms with Crippen molar-refractivity contribution in [3.8, 4) is 5.75 Å². The van der Waals surface area contributed by atoms with Crippen molar-refractivity contribution < 1.29 is 9.53 Å². The van der Waals surface area contributed by atoms with Crippen molar-refractivity contribution >= 4 is 11.9 Å². The molecule has 0 fully saturated rings. The summed E-state index contributed by atoms with van der Waals surface area (Å²) in [5.74, 6) is 0.502. The van der Waals surface area contributed by atoms with E-state index in [9.17, 15) is 4.79 Å². The number of ketones is 1. The molecule has 2 rings (SSSR count). The van der Waals surface area contributed by atoms with Gasteiger partial charge in [-0.25, -0.2) is 0 Å². The summed E-state index contributed by atoms with van der Waals surface area (Å²) in [6, 6.07) is 9.06. The SMILES string of the molecule is CCn1nccc1/C=C/C(=O)c1ccccc1OC. The van der Waals surface area contributed by atoms with Gasteiger partial charge in [0.05, 0.1) is 18.4 Å². The molecule has 0 saturated heterocycles. The molecule has 19 heavy (non-hydrogen) atoms. The van der Waals surface area contributed by atoms with Gasteiger partial charge in [0.15, 0.2) is 5.78 Å². The molecule has 0 atom stereocenters. The highest BCUT2D eigenvalue weighted by Crippen LogP contribution is 2.18. The zero-order valence-electron chi connectivity index (χ0n) is 11.0. The molecule has 98 valence electrons. The van der Waals surface area contributed by atoms with Gasteiger partial charge in [0, 0.05) is 12.7 Å². The lowest BCUT2D eigenvalue weighted by Crippen LogP contribution is -2.00. The van der Waals surface area contributed by atoms with E-state index in [1.54, 1.807) is 37.6 Å². The minimum absolute atomic E-state index is 0.0821. The maximum atomic E-state index is 12.1. The van der Waals surface area contributed by atoms with Gasteiger partial charge in [-0.3, -0.25) is 9.48 Å². The highest BCUT2D eigenvalue weighted by atomic mass is 16.5. The van der Waals surface area contributed by atoms with E-state index in [0.717, 1.165) is 12.2 Å². The summed E-state index contributed by atoms with van der Waals surface area (Å²) >= 11 is 0. The van der Waals surface area contributed by atoms with Gasteiger partial charge in [-0.15, -0.1) is 0 Å². The predicted molar refractivity (Wildman–Crippen MR) is 74.3 cm³/mol. The summed E-state index contributed by atoms with van der Waals surface area (Å²) in [6.45, 7) is 2.78. The molecule has 0 amide bonds. The predicted octanol–water partition coefficient (Wildman–Crippen LogP) is 2.81. The number of carbonyl (C=O) groups excluding carboxylic acids is 1. The Kier molecular flexibility index (Phi) is 4.13. The van der Waals surface area contributed by atoms with E-state index in [1.165, 1.54) is 0 Å². The lowest BCUT2D eigenvalue weighted by molar-refractivity contribution is 0.104. The fourth-order valence-electron chi connectivity index (χ4n) is 1.85. The van der Waals surface area contributed by atoms with Crippen LogP contribution in [0.15, 0.2) is 42.6 Å². The van der Waals surface area contributed by atoms with E-state index >= 15 is 0 Å². The Balaban J connectivity index is 2.21. The molecule has 1 aromatic heterocycles. The Morgan fingerprint density at radius 3 is 2.89 bits per heavy atom. The van der Waals surface area contributed by atoms with Crippen LogP contribution in [0.3, 0.4) is 0 Å². The molecule has 0 radical (unpaired) electrons. The van der Waals surface area contributed by atoms with Gasteiger partial charge < -0.3 is 4.74 Å². The third kappa shape index (κ3) is 2.91. The number of allylic oxidation sites excluding steroid dienone is 1. The molecule has 0 N–H and O–H groups in total. The third-order valence-electron chi connectivity index (χ3n) is 2.83. The molecule has 0 unspecified atom stereocenters. The molecule has 1 aromatic carbocycles. The first kappa shape index (κ1) is 13.1. The fraction of sp³-hybridized carbons (Fsp3) is 0.200. The topological polar surface area (TPSA) is 44.1 Å². The van der Waals surface area contributed by atoms with Crippen LogP contribution in [-0.4, -0.2) is 22.7 Å². The molecule has 0 aliphatic rings. The average molecular weight is 256 g/mol. The third-order valence-corrected chi connectivity index (χ3v) is 2.83. The summed E-state index contributed by atoms with van der Waals surface area (Å²) in [4.78, 5) is 12.1. The van der Waals surface area contributed by atoms with Gasteiger partial charge >= 0.3 is 0 Å². The summed E-state index contributed by atoms with van der Waals surface area (Å²) in [6.07, 6.45) is 5.03. The second-order valence-electron chi connectivity index (χ2n) is 3.97. The Morgan fingerprint density at radius 2 is 2.16 bits per heavy atom. The van der Waals surface area contributed by atoms with Crippen molar-refractivity contribution in [1.29, 1.82) is 0 Å². The first-order chi connectivity index (χ1) is 9.26. The van der Waals surface area contributed by atoms with Crippen molar-refractivity contribution in [2.45, 2.75) is 13.5 Å². The summed E-state index contributed by atoms with van der Waals surface area (Å²) in [5, 5.41) is 4.15. The van der Waals surface area contributed by atoms with Crippen LogP contribution in [-0.2, 0) is 6.54 Å². The van der Waals surface area contributed by atoms with Crippen LogP contribution in [0.25, 0.3) is 6.08 Å². The molecule has 0 bridgehead atoms. The maximum Gasteiger partial charge on any atom is 0.189 e. The van der Waals surface area contributed by atoms with Crippen LogP contribution >= 0.6 is 0 Å². The van der Waals surface area contributed by atoms with Crippen LogP contribution in [0.5, 0.6) is 5.75 Å². The highest BCUT2D eigenvalue weighted by molar-refractivity contribution is 6.08. The zero-order chi connectivity index (χ0) is 13.7. The molecule has 0 saturated carbocycles. The van der Waals surface area contributed by atoms with Gasteiger partial charge in [-0.1, -0.05) is 12.1 Å². The van der Waals surface area contributed by atoms with Gasteiger partial charge in [0.1, 0.15) is 5.75 Å². The highest BCUT2D eigenvalue weighted by Gasteiger charge is 2.08. The Hall–Kier alpha value is -2.36. The lowest BCUT2D eigenvalue weighted by atomic mass is 10.1. The van der Waals surface area contributed by atoms with Crippen LogP contribution in [0.1, 0.15) is 23.0 Å². The number of benzene rings is 1. The monoisotopic (exact) mass is 256 g/mol. The molecule has 4 heteroatoms. The Labute approximate surface area is 112 Å². The second-order valence-corrected chi connectivity index (χ2v) is 3.97. The number of methoxy groups -OCH3 is 1. The maximum absolute atomic E-state index is 12.1. The number of hydrogen-bond acceptors (Lipinski definition) is 3. The molecule has 1 heterocycles. The standard InChI is InChI=1S/C15H16N2O2/c1-3-17-12(10-11-16-17)8-9-14(18)13-6-4-5-7-15(13)19-2/h4-11H,3H2,1-2H3/b9-8+. The normalized spacial score (nSPS) is 10.8. The quantitative estimate of drug-likeness (QED) is 0.610. The first-order valence-corrected chi connectivity index (χ1v) is 6.13. The summed E-state index contributed by atoms with van der Waals surface area (Å²) < 4.78 is 7.00. The minimum Gasteiger partial charge on any atom is -0.496 e. The van der Waals surface area contributed by atoms with E-state index in [4.69, 9.17) is 4.74 Å². The molecular weight excluding hydrogens is 240 g/mol. The molecule has 2 aromatic rings. The number of ether oxygens (including phenoxy) is 1. The van der Waals surface area contributed by atoms with E-state index < -0.39 is 0 Å². The molecule has 0 aliphatic carbocycles. The van der Waals surface area contributed by atoms with Gasteiger partial charge in [-0.2, -0.15) is 5.10 Å². The van der Waals surface area contributed by atoms with Crippen molar-refractivity contribution in [3.63, 3.8) is 0 Å². The number of carbonyl (C=O) groups is 1. The van der Waals surface area contributed by atoms with E-state index in [2.05, 4.69) is 5.10 Å². The van der Waals surface area contributed by atoms with E-state index in [1.807, 2.05) is 29.8 Å². The first-order valence-electron chi connectivity index (χ1n) is 6.13. The Bertz CT molecular complexity index is 600. The molecular formula is C15H16N2O2. The van der Waals surface area contributed by atoms with Crippen LogP contribution in [0.2, 0.25) is 0 Å². The number of rotatable bonds is 5. The van der Waals surface area contributed by atoms with Crippen LogP contribution < -0.4 is 4.74 Å². The van der Waals surface area contributed by atoms with Crippen LogP contribution in [0, 0.1) is 0 Å². The lowest BCUT2D eigenvalue weighted by Gasteiger charge is -2.04. The average Bonchev–Trinajstić information content (AvgIpc) is 2.92. The van der Waals surface area contributed by atoms with E-state index in [0.29, 0.717) is 11.3 Å². The van der Waals surface area contributed by atoms with Crippen LogP contribution in [0.4, 0.5) is 0 Å². The number of hydrogen-bond donors (Lipinski definition) is 0. The van der Waals surface area contributed by atoms with E-state index in [-0.39, 0.29) is 5.78 Å². The van der Waals surface area contributed by atoms with Gasteiger partial charge in [-0.05, 0) is 37.3 Å². The number of para-hydroxylation sites is 1. The van der Waals surface area contributed by atoms with Gasteiger partial charge in [0.2, 0.25) is 0 Å². The number of aryl methyl sites for hydroxylation is 1. The van der Waals surface area contributed by atoms with Crippen molar-refractivity contribution in [1.82, 2.24) is 9.78 Å². The number of aromatic nitrogens is 2. The zero-order valence-corrected chi connectivity index (χ0v) is 11.0.